The summed E-state index contributed by atoms with van der Waals surface area (Å²) >= 11 is 0. The molecule has 0 aromatic heterocycles. The molecule has 3 heterocycles. The monoisotopic (exact) mass is 595 g/mol. The van der Waals surface area contributed by atoms with Gasteiger partial charge in [-0.05, 0) is 52.0 Å². The van der Waals surface area contributed by atoms with Crippen molar-refractivity contribution < 1.29 is 33.8 Å². The third-order valence-electron chi connectivity index (χ3n) is 8.76. The van der Waals surface area contributed by atoms with Crippen molar-refractivity contribution in [1.29, 1.82) is 0 Å². The number of fused-ring (bicyclic) bond motifs is 1. The standard InChI is InChI=1S/C33H45N3O7/c1-6-8-15-25(38)42-21-23(22-13-10-9-11-14-22)34-29(39)26-24-16-17-33(43-24)27(26)30(40)35(19-12-20-37)28(33)31(41)36(18-7-2)32(3,4)5/h6-7,9-11,13-14,23-24,26-28,37H,1-2,8,12,15-21H2,3-5H3,(H,34,39)/t23-,24+,26-,27-,28+,33-/m0/s1. The van der Waals surface area contributed by atoms with Crippen LogP contribution in [0.5, 0.6) is 0 Å². The number of rotatable bonds is 14. The van der Waals surface area contributed by atoms with Gasteiger partial charge in [-0.2, -0.15) is 0 Å². The summed E-state index contributed by atoms with van der Waals surface area (Å²) in [5.74, 6) is -3.01. The van der Waals surface area contributed by atoms with E-state index in [-0.39, 0.29) is 43.9 Å². The van der Waals surface area contributed by atoms with E-state index >= 15 is 0 Å². The Bertz CT molecular complexity index is 1210. The molecule has 43 heavy (non-hydrogen) atoms. The molecule has 10 heteroatoms. The minimum atomic E-state index is -1.15. The number of amides is 3. The molecule has 2 N–H and O–H groups in total. The van der Waals surface area contributed by atoms with E-state index in [1.807, 2.05) is 51.1 Å². The fraction of sp³-hybridized carbons (Fsp3) is 0.576. The summed E-state index contributed by atoms with van der Waals surface area (Å²) in [7, 11) is 0. The Morgan fingerprint density at radius 3 is 2.58 bits per heavy atom. The predicted octanol–water partition coefficient (Wildman–Crippen LogP) is 2.92. The molecule has 234 valence electrons. The van der Waals surface area contributed by atoms with E-state index in [0.717, 1.165) is 5.56 Å². The summed E-state index contributed by atoms with van der Waals surface area (Å²) in [6.45, 7) is 13.5. The molecule has 0 saturated carbocycles. The Kier molecular flexibility index (Phi) is 10.1. The number of carbonyl (C=O) groups is 4. The zero-order valence-corrected chi connectivity index (χ0v) is 25.5. The normalized spacial score (nSPS) is 26.5. The van der Waals surface area contributed by atoms with E-state index in [1.54, 1.807) is 17.1 Å². The van der Waals surface area contributed by atoms with Crippen LogP contribution in [0.3, 0.4) is 0 Å². The minimum Gasteiger partial charge on any atom is -0.463 e. The van der Waals surface area contributed by atoms with Crippen LogP contribution in [0.4, 0.5) is 0 Å². The molecule has 2 bridgehead atoms. The van der Waals surface area contributed by atoms with Gasteiger partial charge in [0.05, 0.1) is 24.0 Å². The summed E-state index contributed by atoms with van der Waals surface area (Å²) in [4.78, 5) is 57.9. The first kappa shape index (κ1) is 32.4. The molecule has 3 fully saturated rings. The fourth-order valence-electron chi connectivity index (χ4n) is 6.83. The van der Waals surface area contributed by atoms with Gasteiger partial charge >= 0.3 is 5.97 Å². The zero-order chi connectivity index (χ0) is 31.4. The third kappa shape index (κ3) is 6.40. The molecule has 1 aromatic carbocycles. The van der Waals surface area contributed by atoms with Crippen LogP contribution in [0.1, 0.15) is 64.5 Å². The molecule has 6 atom stereocenters. The quantitative estimate of drug-likeness (QED) is 0.250. The smallest absolute Gasteiger partial charge is 0.306 e. The molecule has 0 radical (unpaired) electrons. The van der Waals surface area contributed by atoms with Crippen molar-refractivity contribution in [3.8, 4) is 0 Å². The molecule has 3 saturated heterocycles. The Labute approximate surface area is 254 Å². The zero-order valence-electron chi connectivity index (χ0n) is 25.5. The number of hydrogen-bond acceptors (Lipinski definition) is 7. The Morgan fingerprint density at radius 1 is 1.23 bits per heavy atom. The van der Waals surface area contributed by atoms with Crippen molar-refractivity contribution in [3.63, 3.8) is 0 Å². The lowest BCUT2D eigenvalue weighted by molar-refractivity contribution is -0.151. The minimum absolute atomic E-state index is 0.0699. The Balaban J connectivity index is 1.63. The number of carbonyl (C=O) groups excluding carboxylic acids is 4. The van der Waals surface area contributed by atoms with Gasteiger partial charge in [0, 0.05) is 31.7 Å². The summed E-state index contributed by atoms with van der Waals surface area (Å²) in [6, 6.07) is 7.65. The number of esters is 1. The van der Waals surface area contributed by atoms with Crippen LogP contribution in [0.15, 0.2) is 55.6 Å². The lowest BCUT2D eigenvalue weighted by Gasteiger charge is -2.42. The first-order valence-corrected chi connectivity index (χ1v) is 15.1. The number of ether oxygens (including phenoxy) is 2. The summed E-state index contributed by atoms with van der Waals surface area (Å²) < 4.78 is 12.0. The van der Waals surface area contributed by atoms with Gasteiger partial charge in [-0.25, -0.2) is 0 Å². The number of likely N-dealkylation sites (tertiary alicyclic amines) is 1. The summed E-state index contributed by atoms with van der Waals surface area (Å²) in [6.07, 6.45) is 4.74. The van der Waals surface area contributed by atoms with Gasteiger partial charge in [0.1, 0.15) is 18.2 Å². The average Bonchev–Trinajstić information content (AvgIpc) is 3.62. The van der Waals surface area contributed by atoms with Crippen LogP contribution in [0.25, 0.3) is 0 Å². The van der Waals surface area contributed by atoms with Crippen molar-refractivity contribution >= 4 is 23.7 Å². The van der Waals surface area contributed by atoms with Crippen LogP contribution in [0, 0.1) is 11.8 Å². The Hall–Kier alpha value is -3.50. The van der Waals surface area contributed by atoms with E-state index in [0.29, 0.717) is 32.2 Å². The predicted molar refractivity (Wildman–Crippen MR) is 160 cm³/mol. The molecule has 10 nitrogen and oxygen atoms in total. The van der Waals surface area contributed by atoms with Crippen LogP contribution in [0.2, 0.25) is 0 Å². The van der Waals surface area contributed by atoms with Crippen LogP contribution in [-0.2, 0) is 28.7 Å². The van der Waals surface area contributed by atoms with Crippen LogP contribution >= 0.6 is 0 Å². The number of aliphatic hydroxyl groups excluding tert-OH is 1. The van der Waals surface area contributed by atoms with Gasteiger partial charge in [-0.15, -0.1) is 13.2 Å². The van der Waals surface area contributed by atoms with Gasteiger partial charge in [-0.1, -0.05) is 42.5 Å². The van der Waals surface area contributed by atoms with Crippen molar-refractivity contribution in [3.05, 3.63) is 61.2 Å². The summed E-state index contributed by atoms with van der Waals surface area (Å²) in [5.41, 5.74) is -0.947. The van der Waals surface area contributed by atoms with Crippen molar-refractivity contribution in [2.24, 2.45) is 11.8 Å². The lowest BCUT2D eigenvalue weighted by atomic mass is 9.70. The molecule has 1 spiro atoms. The first-order chi connectivity index (χ1) is 20.5. The fourth-order valence-corrected chi connectivity index (χ4v) is 6.83. The molecule has 3 amide bonds. The average molecular weight is 596 g/mol. The molecule has 4 rings (SSSR count). The van der Waals surface area contributed by atoms with Crippen molar-refractivity contribution in [1.82, 2.24) is 15.1 Å². The van der Waals surface area contributed by atoms with E-state index in [4.69, 9.17) is 9.47 Å². The molecular weight excluding hydrogens is 550 g/mol. The molecule has 3 aliphatic rings. The van der Waals surface area contributed by atoms with Gasteiger partial charge in [0.25, 0.3) is 0 Å². The Morgan fingerprint density at radius 2 is 1.95 bits per heavy atom. The van der Waals surface area contributed by atoms with E-state index in [9.17, 15) is 24.3 Å². The number of allylic oxidation sites excluding steroid dienone is 1. The maximum atomic E-state index is 14.3. The molecule has 3 aliphatic heterocycles. The largest absolute Gasteiger partial charge is 0.463 e. The molecular formula is C33H45N3O7. The highest BCUT2D eigenvalue weighted by Crippen LogP contribution is 2.58. The van der Waals surface area contributed by atoms with Gasteiger partial charge in [-0.3, -0.25) is 19.2 Å². The first-order valence-electron chi connectivity index (χ1n) is 15.1. The number of nitrogens with one attached hydrogen (secondary N) is 1. The molecule has 0 aliphatic carbocycles. The third-order valence-corrected chi connectivity index (χ3v) is 8.76. The van der Waals surface area contributed by atoms with Gasteiger partial charge < -0.3 is 29.7 Å². The highest BCUT2D eigenvalue weighted by molar-refractivity contribution is 5.99. The van der Waals surface area contributed by atoms with Crippen molar-refractivity contribution in [2.45, 2.75) is 82.2 Å². The van der Waals surface area contributed by atoms with E-state index < -0.39 is 47.1 Å². The lowest BCUT2D eigenvalue weighted by Crippen LogP contribution is -2.60. The second-order valence-corrected chi connectivity index (χ2v) is 12.6. The van der Waals surface area contributed by atoms with Gasteiger partial charge in [0.15, 0.2) is 0 Å². The van der Waals surface area contributed by atoms with Crippen LogP contribution < -0.4 is 5.32 Å². The van der Waals surface area contributed by atoms with E-state index in [2.05, 4.69) is 18.5 Å². The number of aliphatic hydroxyl groups is 1. The highest BCUT2D eigenvalue weighted by atomic mass is 16.5. The maximum Gasteiger partial charge on any atom is 0.306 e. The van der Waals surface area contributed by atoms with Crippen molar-refractivity contribution in [2.75, 3.05) is 26.3 Å². The molecule has 0 unspecified atom stereocenters. The topological polar surface area (TPSA) is 125 Å². The second-order valence-electron chi connectivity index (χ2n) is 12.6. The molecule has 1 aromatic rings. The number of benzene rings is 1. The highest BCUT2D eigenvalue weighted by Gasteiger charge is 2.74. The van der Waals surface area contributed by atoms with Gasteiger partial charge in [0.2, 0.25) is 17.7 Å². The SMILES string of the molecule is C=CCCC(=O)OC[C@H](NC(=O)[C@@H]1[C@H]2C(=O)N(CCCO)[C@H](C(=O)N(CC=C)C(C)(C)C)[C@]23CC[C@H]1O3)c1ccccc1. The maximum absolute atomic E-state index is 14.3. The summed E-state index contributed by atoms with van der Waals surface area (Å²) in [5, 5.41) is 12.6. The number of nitrogens with zero attached hydrogens (tertiary/aromatic N) is 2. The van der Waals surface area contributed by atoms with E-state index in [1.165, 1.54) is 4.90 Å². The van der Waals surface area contributed by atoms with Crippen LogP contribution in [-0.4, -0.2) is 88.2 Å². The number of hydrogen-bond donors (Lipinski definition) is 2. The second kappa shape index (κ2) is 13.4.